The summed E-state index contributed by atoms with van der Waals surface area (Å²) in [4.78, 5) is 4.30. The van der Waals surface area contributed by atoms with Gasteiger partial charge in [-0.05, 0) is 43.0 Å². The lowest BCUT2D eigenvalue weighted by Gasteiger charge is -2.11. The molecule has 1 heterocycles. The first-order valence-electron chi connectivity index (χ1n) is 6.43. The summed E-state index contributed by atoms with van der Waals surface area (Å²) in [6.07, 6.45) is 2.60. The van der Waals surface area contributed by atoms with Crippen LogP contribution in [-0.2, 0) is 12.8 Å². The molecular weight excluding hydrogens is 279 g/mol. The molecule has 3 rings (SSSR count). The number of rotatable bonds is 2. The first kappa shape index (κ1) is 13.4. The molecular formula is C15H10F3N3. The number of anilines is 2. The molecule has 0 spiro atoms. The lowest BCUT2D eigenvalue weighted by molar-refractivity contribution is 0.449. The normalized spacial score (nSPS) is 12.9. The third-order valence-corrected chi connectivity index (χ3v) is 3.46. The first-order valence-corrected chi connectivity index (χ1v) is 6.43. The smallest absolute Gasteiger partial charge is 0.196 e. The van der Waals surface area contributed by atoms with Crippen LogP contribution in [0.4, 0.5) is 24.7 Å². The van der Waals surface area contributed by atoms with Crippen LogP contribution in [0.3, 0.4) is 0 Å². The molecule has 0 amide bonds. The third-order valence-electron chi connectivity index (χ3n) is 3.46. The summed E-state index contributed by atoms with van der Waals surface area (Å²) in [5.41, 5.74) is 1.85. The highest BCUT2D eigenvalue weighted by molar-refractivity contribution is 5.64. The molecule has 2 aromatic rings. The largest absolute Gasteiger partial charge is 0.337 e. The Balaban J connectivity index is 2.03. The topological polar surface area (TPSA) is 48.7 Å². The fourth-order valence-corrected chi connectivity index (χ4v) is 2.40. The van der Waals surface area contributed by atoms with Crippen LogP contribution in [0.15, 0.2) is 18.2 Å². The first-order chi connectivity index (χ1) is 10.1. The van der Waals surface area contributed by atoms with Crippen molar-refractivity contribution in [3.05, 3.63) is 52.5 Å². The standard InChI is InChI=1S/C15H10F3N3/c16-10-4-5-12(14(18)13(10)17)21-15-9(7-19)6-8-2-1-3-11(8)20-15/h4-6H,1-3H2,(H,20,21). The van der Waals surface area contributed by atoms with Crippen molar-refractivity contribution in [1.29, 1.82) is 5.26 Å². The van der Waals surface area contributed by atoms with E-state index in [1.54, 1.807) is 6.07 Å². The lowest BCUT2D eigenvalue weighted by atomic mass is 10.1. The lowest BCUT2D eigenvalue weighted by Crippen LogP contribution is -2.04. The average molecular weight is 289 g/mol. The van der Waals surface area contributed by atoms with Gasteiger partial charge >= 0.3 is 0 Å². The number of halogens is 3. The number of aryl methyl sites for hydroxylation is 2. The predicted octanol–water partition coefficient (Wildman–Crippen LogP) is 3.60. The maximum Gasteiger partial charge on any atom is 0.196 e. The Bertz CT molecular complexity index is 766. The molecule has 0 unspecified atom stereocenters. The number of nitrogens with zero attached hydrogens (tertiary/aromatic N) is 2. The minimum absolute atomic E-state index is 0.156. The van der Waals surface area contributed by atoms with Gasteiger partial charge in [0.05, 0.1) is 11.3 Å². The van der Waals surface area contributed by atoms with Crippen LogP contribution in [0.1, 0.15) is 23.2 Å². The number of fused-ring (bicyclic) bond motifs is 1. The maximum absolute atomic E-state index is 13.7. The van der Waals surface area contributed by atoms with Gasteiger partial charge < -0.3 is 5.32 Å². The van der Waals surface area contributed by atoms with Crippen molar-refractivity contribution in [2.75, 3.05) is 5.32 Å². The average Bonchev–Trinajstić information content (AvgIpc) is 2.94. The maximum atomic E-state index is 13.7. The summed E-state index contributed by atoms with van der Waals surface area (Å²) >= 11 is 0. The molecule has 1 N–H and O–H groups in total. The van der Waals surface area contributed by atoms with Crippen molar-refractivity contribution < 1.29 is 13.2 Å². The summed E-state index contributed by atoms with van der Waals surface area (Å²) < 4.78 is 39.8. The minimum atomic E-state index is -1.56. The number of nitrogens with one attached hydrogen (secondary N) is 1. The minimum Gasteiger partial charge on any atom is -0.337 e. The molecule has 3 nitrogen and oxygen atoms in total. The molecule has 0 atom stereocenters. The van der Waals surface area contributed by atoms with E-state index in [0.29, 0.717) is 0 Å². The molecule has 6 heteroatoms. The van der Waals surface area contributed by atoms with E-state index >= 15 is 0 Å². The number of hydrogen-bond acceptors (Lipinski definition) is 3. The Morgan fingerprint density at radius 1 is 1.14 bits per heavy atom. The molecule has 1 aliphatic carbocycles. The highest BCUT2D eigenvalue weighted by atomic mass is 19.2. The van der Waals surface area contributed by atoms with Crippen LogP contribution < -0.4 is 5.32 Å². The van der Waals surface area contributed by atoms with Crippen LogP contribution in [0.25, 0.3) is 0 Å². The zero-order chi connectivity index (χ0) is 15.0. The van der Waals surface area contributed by atoms with Gasteiger partial charge in [-0.2, -0.15) is 5.26 Å². The van der Waals surface area contributed by atoms with Crippen molar-refractivity contribution in [2.24, 2.45) is 0 Å². The van der Waals surface area contributed by atoms with Crippen LogP contribution in [0, 0.1) is 28.8 Å². The summed E-state index contributed by atoms with van der Waals surface area (Å²) in [5, 5.41) is 11.7. The third kappa shape index (κ3) is 2.31. The fraction of sp³-hybridized carbons (Fsp3) is 0.200. The quantitative estimate of drug-likeness (QED) is 0.859. The Morgan fingerprint density at radius 2 is 1.95 bits per heavy atom. The van der Waals surface area contributed by atoms with E-state index < -0.39 is 17.5 Å². The van der Waals surface area contributed by atoms with Crippen LogP contribution in [-0.4, -0.2) is 4.98 Å². The predicted molar refractivity (Wildman–Crippen MR) is 70.6 cm³/mol. The molecule has 0 aliphatic heterocycles. The Hall–Kier alpha value is -2.55. The van der Waals surface area contributed by atoms with Crippen LogP contribution in [0.5, 0.6) is 0 Å². The summed E-state index contributed by atoms with van der Waals surface area (Å²) in [5.74, 6) is -4.00. The number of pyridine rings is 1. The molecule has 0 saturated carbocycles. The van der Waals surface area contributed by atoms with Crippen molar-refractivity contribution >= 4 is 11.5 Å². The zero-order valence-corrected chi connectivity index (χ0v) is 10.9. The molecule has 0 saturated heterocycles. The second-order valence-electron chi connectivity index (χ2n) is 4.80. The number of aromatic nitrogens is 1. The SMILES string of the molecule is N#Cc1cc2c(nc1Nc1ccc(F)c(F)c1F)CCC2. The molecule has 106 valence electrons. The Morgan fingerprint density at radius 3 is 2.71 bits per heavy atom. The van der Waals surface area contributed by atoms with Gasteiger partial charge in [0.2, 0.25) is 0 Å². The van der Waals surface area contributed by atoms with Gasteiger partial charge in [0, 0.05) is 5.69 Å². The molecule has 0 fully saturated rings. The number of nitriles is 1. The van der Waals surface area contributed by atoms with Gasteiger partial charge in [-0.25, -0.2) is 18.2 Å². The summed E-state index contributed by atoms with van der Waals surface area (Å²) in [6, 6.07) is 5.57. The van der Waals surface area contributed by atoms with Crippen molar-refractivity contribution in [3.8, 4) is 6.07 Å². The fourth-order valence-electron chi connectivity index (χ4n) is 2.40. The van der Waals surface area contributed by atoms with E-state index in [-0.39, 0.29) is 17.1 Å². The highest BCUT2D eigenvalue weighted by Gasteiger charge is 2.19. The zero-order valence-electron chi connectivity index (χ0n) is 10.9. The van der Waals surface area contributed by atoms with Gasteiger partial charge in [0.25, 0.3) is 0 Å². The molecule has 0 bridgehead atoms. The Labute approximate surface area is 119 Å². The van der Waals surface area contributed by atoms with E-state index in [9.17, 15) is 13.2 Å². The van der Waals surface area contributed by atoms with Gasteiger partial charge in [-0.15, -0.1) is 0 Å². The monoisotopic (exact) mass is 289 g/mol. The second kappa shape index (κ2) is 5.09. The molecule has 0 radical (unpaired) electrons. The molecule has 1 aromatic carbocycles. The Kier molecular flexibility index (Phi) is 3.26. The van der Waals surface area contributed by atoms with Crippen molar-refractivity contribution in [2.45, 2.75) is 19.3 Å². The van der Waals surface area contributed by atoms with Crippen LogP contribution in [0.2, 0.25) is 0 Å². The second-order valence-corrected chi connectivity index (χ2v) is 4.80. The highest BCUT2D eigenvalue weighted by Crippen LogP contribution is 2.28. The van der Waals surface area contributed by atoms with Gasteiger partial charge in [-0.1, -0.05) is 0 Å². The summed E-state index contributed by atoms with van der Waals surface area (Å²) in [6.45, 7) is 0. The molecule has 1 aromatic heterocycles. The molecule has 1 aliphatic rings. The van der Waals surface area contributed by atoms with Crippen molar-refractivity contribution in [3.63, 3.8) is 0 Å². The van der Waals surface area contributed by atoms with E-state index in [1.807, 2.05) is 6.07 Å². The van der Waals surface area contributed by atoms with E-state index in [4.69, 9.17) is 5.26 Å². The van der Waals surface area contributed by atoms with Crippen molar-refractivity contribution in [1.82, 2.24) is 4.98 Å². The number of hydrogen-bond donors (Lipinski definition) is 1. The van der Waals surface area contributed by atoms with Gasteiger partial charge in [-0.3, -0.25) is 0 Å². The van der Waals surface area contributed by atoms with E-state index in [2.05, 4.69) is 10.3 Å². The van der Waals surface area contributed by atoms with Gasteiger partial charge in [0.15, 0.2) is 17.5 Å². The molecule has 21 heavy (non-hydrogen) atoms. The van der Waals surface area contributed by atoms with Crippen LogP contribution >= 0.6 is 0 Å². The summed E-state index contributed by atoms with van der Waals surface area (Å²) in [7, 11) is 0. The van der Waals surface area contributed by atoms with E-state index in [0.717, 1.165) is 42.7 Å². The van der Waals surface area contributed by atoms with E-state index in [1.165, 1.54) is 0 Å². The number of benzene rings is 1. The van der Waals surface area contributed by atoms with Gasteiger partial charge in [0.1, 0.15) is 11.9 Å².